The van der Waals surface area contributed by atoms with E-state index in [1.165, 1.54) is 0 Å². The van der Waals surface area contributed by atoms with Gasteiger partial charge in [0.1, 0.15) is 104 Å². The van der Waals surface area contributed by atoms with E-state index in [1.54, 1.807) is 0 Å². The Labute approximate surface area is 750 Å². The van der Waals surface area contributed by atoms with Gasteiger partial charge in [0.15, 0.2) is 22.7 Å². The maximum Gasteiger partial charge on any atom is 4.00 e. The number of azo groups is 4. The van der Waals surface area contributed by atoms with Crippen LogP contribution in [0, 0.1) is 0 Å². The van der Waals surface area contributed by atoms with E-state index in [0.717, 1.165) is 194 Å². The van der Waals surface area contributed by atoms with Crippen LogP contribution in [-0.2, 0) is 144 Å². The smallest absolute Gasteiger partial charge is 0.744 e. The molecule has 0 aliphatic carbocycles. The molecule has 654 valence electrons. The fourth-order valence-corrected chi connectivity index (χ4v) is 13.3. The Kier molecular flexibility index (Phi) is 33.2. The molecule has 127 heavy (non-hydrogen) atoms. The number of aromatic amines is 4. The third-order valence-electron chi connectivity index (χ3n) is 15.4. The molecule has 0 radical (unpaired) electrons. The summed E-state index contributed by atoms with van der Waals surface area (Å²) in [7, 11) is -37.6. The average Bonchev–Trinajstić information content (AvgIpc) is 1.66. The molecule has 0 aliphatic heterocycles. The van der Waals surface area contributed by atoms with E-state index in [-0.39, 0.29) is 109 Å². The Hall–Kier alpha value is -12.6. The molecule has 0 saturated heterocycles. The van der Waals surface area contributed by atoms with Crippen LogP contribution in [0.25, 0.3) is 22.7 Å². The van der Waals surface area contributed by atoms with Crippen LogP contribution in [0.4, 0.5) is 45.5 Å². The minimum absolute atomic E-state index is 0. The van der Waals surface area contributed by atoms with E-state index >= 15 is 0 Å². The Bertz CT molecular complexity index is 6730. The number of nitrogens with one attached hydrogen (secondary N) is 4. The summed E-state index contributed by atoms with van der Waals surface area (Å²) in [6, 6.07) is 32.7. The van der Waals surface area contributed by atoms with Gasteiger partial charge in [0, 0.05) is 0 Å². The maximum atomic E-state index is 12.6. The zero-order chi connectivity index (χ0) is 91.9. The normalized spacial score (nSPS) is 12.0. The van der Waals surface area contributed by atoms with Gasteiger partial charge in [0.2, 0.25) is 0 Å². The second-order valence-electron chi connectivity index (χ2n) is 23.4. The van der Waals surface area contributed by atoms with Crippen LogP contribution in [0.3, 0.4) is 0 Å². The SMILES string of the molecule is O=C([O-])c1[nH]n(-c2ccc(S(=O)(=O)[O-])cc2)c(=O)c1N=Nc1ccc(S(=O)(=O)[O-])cc1.O=C([O-])c1[nH]n(-c2ccc(S(=O)(=O)[O-])cc2)c(=O)c1N=Nc1ccc(S(=O)(=O)[O-])cc1.O=C([O-])c1[nH]n(-c2ccc(S(=O)(=O)[O-])cc2)c(=O)c1N=Nc1ccc(S(=O)(=O)[O-])cc1.O=C([O-])c1[nH]n(-c2ccc(S(=O)(=O)[O-])cc2)c(=O)c1N=Nc1ccc(S(=O)(=O)[O-])cc1.[Mo+4].[Mo+4].[Mo+4]. The van der Waals surface area contributed by atoms with Gasteiger partial charge in [0.05, 0.1) is 109 Å². The van der Waals surface area contributed by atoms with Crippen molar-refractivity contribution in [3.63, 3.8) is 0 Å². The predicted molar refractivity (Wildman–Crippen MR) is 389 cm³/mol. The summed E-state index contributed by atoms with van der Waals surface area (Å²) in [4.78, 5) is 91.4. The first-order valence-electron chi connectivity index (χ1n) is 31.9. The number of carbonyl (C=O) groups is 4. The second kappa shape index (κ2) is 40.8. The van der Waals surface area contributed by atoms with Gasteiger partial charge in [-0.15, -0.1) is 20.5 Å². The predicted octanol–water partition coefficient (Wildman–Crippen LogP) is -0.997. The third kappa shape index (κ3) is 26.3. The molecule has 0 unspecified atom stereocenters. The first-order valence-corrected chi connectivity index (χ1v) is 43.2. The molecule has 0 spiro atoms. The molecular weight excluding hydrogens is 2110 g/mol. The summed E-state index contributed by atoms with van der Waals surface area (Å²) in [5.41, 5.74) is -9.58. The number of carbonyl (C=O) groups excluding carboxylic acids is 4. The van der Waals surface area contributed by atoms with E-state index in [1.807, 2.05) is 0 Å². The Morgan fingerprint density at radius 1 is 0.213 bits per heavy atom. The number of nitrogens with zero attached hydrogens (tertiary/aromatic N) is 12. The Morgan fingerprint density at radius 2 is 0.331 bits per heavy atom. The standard InChI is InChI=1S/4C16H12N4O9S2.3Mo/c4*21-15-13(18-17-9-1-5-11(6-2-9)30(24,25)26)14(16(22)23)19-20(15)10-3-7-12(8-4-10)31(27,28)29;;;/h4*1-8,19H,(H,22,23)(H,24,25,26)(H,27,28,29);;;/q;;;;3*+4/p-12. The van der Waals surface area contributed by atoms with Crippen molar-refractivity contribution >= 4 is 150 Å². The molecule has 0 aliphatic rings. The number of hydrogen-bond acceptors (Lipinski definition) is 44. The van der Waals surface area contributed by atoms with Crippen molar-refractivity contribution in [1.29, 1.82) is 0 Å². The summed E-state index contributed by atoms with van der Waals surface area (Å²) < 4.78 is 266. The minimum Gasteiger partial charge on any atom is -0.744 e. The molecule has 12 aromatic rings. The van der Waals surface area contributed by atoms with Crippen LogP contribution < -0.4 is 42.7 Å². The molecule has 4 N–H and O–H groups in total. The number of aromatic carboxylic acids is 4. The van der Waals surface area contributed by atoms with E-state index in [4.69, 9.17) is 0 Å². The van der Waals surface area contributed by atoms with Crippen molar-refractivity contribution in [3.05, 3.63) is 258 Å². The number of benzene rings is 8. The van der Waals surface area contributed by atoms with Crippen LogP contribution in [0.1, 0.15) is 42.0 Å². The summed E-state index contributed by atoms with van der Waals surface area (Å²) in [6.07, 6.45) is 0. The van der Waals surface area contributed by atoms with Crippen LogP contribution in [0.5, 0.6) is 0 Å². The molecule has 4 aromatic heterocycles. The molecule has 0 saturated carbocycles. The summed E-state index contributed by atoms with van der Waals surface area (Å²) >= 11 is 0. The second-order valence-corrected chi connectivity index (χ2v) is 34.5. The number of carboxylic acids is 4. The Morgan fingerprint density at radius 3 is 0.441 bits per heavy atom. The van der Waals surface area contributed by atoms with Crippen molar-refractivity contribution in [2.45, 2.75) is 39.2 Å². The van der Waals surface area contributed by atoms with E-state index in [2.05, 4.69) is 61.3 Å². The fourth-order valence-electron chi connectivity index (χ4n) is 9.58. The quantitative estimate of drug-likeness (QED) is 0.0320. The molecule has 63 heteroatoms. The first kappa shape index (κ1) is 103. The van der Waals surface area contributed by atoms with Gasteiger partial charge in [-0.3, -0.25) is 39.6 Å². The largest absolute Gasteiger partial charge is 4.00 e. The van der Waals surface area contributed by atoms with Gasteiger partial charge < -0.3 is 76.0 Å². The molecule has 0 atom stereocenters. The van der Waals surface area contributed by atoms with Crippen LogP contribution in [0.15, 0.2) is 293 Å². The zero-order valence-electron chi connectivity index (χ0n) is 61.0. The monoisotopic (exact) mass is 2150 g/mol. The van der Waals surface area contributed by atoms with Crippen LogP contribution in [0.2, 0.25) is 0 Å². The fraction of sp³-hybridized carbons (Fsp3) is 0. The number of H-pyrrole nitrogens is 4. The number of rotatable bonds is 24. The van der Waals surface area contributed by atoms with E-state index in [9.17, 15) is 163 Å². The molecular formula is C64H36Mo3N16O36S8. The van der Waals surface area contributed by atoms with Gasteiger partial charge in [-0.1, -0.05) is 0 Å². The topological polar surface area (TPSA) is 868 Å². The van der Waals surface area contributed by atoms with Crippen LogP contribution >= 0.6 is 0 Å². The molecule has 12 rings (SSSR count). The molecule has 4 heterocycles. The molecule has 0 bridgehead atoms. The van der Waals surface area contributed by atoms with E-state index < -0.39 is 212 Å². The Balaban J connectivity index is 0.000000259. The van der Waals surface area contributed by atoms with Gasteiger partial charge in [-0.05, 0) is 194 Å². The maximum absolute atomic E-state index is 12.6. The molecule has 8 aromatic carbocycles. The van der Waals surface area contributed by atoms with Gasteiger partial charge in [0.25, 0.3) is 22.2 Å². The minimum atomic E-state index is -4.72. The third-order valence-corrected chi connectivity index (χ3v) is 22.2. The number of hydrogen-bond donors (Lipinski definition) is 4. The summed E-state index contributed by atoms with van der Waals surface area (Å²) in [5.74, 6) is -7.18. The van der Waals surface area contributed by atoms with Crippen molar-refractivity contribution in [2.24, 2.45) is 40.9 Å². The van der Waals surface area contributed by atoms with Gasteiger partial charge in [-0.25, -0.2) is 86.1 Å². The molecule has 0 amide bonds. The van der Waals surface area contributed by atoms with Gasteiger partial charge in [-0.2, -0.15) is 20.5 Å². The number of carboxylic acid groups (broad SMARTS) is 4. The van der Waals surface area contributed by atoms with E-state index in [0.29, 0.717) is 18.7 Å². The summed E-state index contributed by atoms with van der Waals surface area (Å²) in [6.45, 7) is 0. The van der Waals surface area contributed by atoms with Gasteiger partial charge >= 0.3 is 63.2 Å². The van der Waals surface area contributed by atoms with Crippen molar-refractivity contribution in [1.82, 2.24) is 39.1 Å². The number of aromatic nitrogens is 8. The molecule has 52 nitrogen and oxygen atoms in total. The zero-order valence-corrected chi connectivity index (χ0v) is 73.6. The van der Waals surface area contributed by atoms with Crippen molar-refractivity contribution in [2.75, 3.05) is 0 Å². The van der Waals surface area contributed by atoms with Crippen molar-refractivity contribution in [3.8, 4) is 22.7 Å². The first-order chi connectivity index (χ1) is 57.5. The van der Waals surface area contributed by atoms with Crippen molar-refractivity contribution < 1.29 is 207 Å². The average molecular weight is 2150 g/mol. The molecule has 0 fully saturated rings. The summed E-state index contributed by atoms with van der Waals surface area (Å²) in [5, 5.41) is 83.1. The van der Waals surface area contributed by atoms with Crippen LogP contribution in [-0.4, -0.2) is 167 Å².